The second-order valence-corrected chi connectivity index (χ2v) is 4.53. The van der Waals surface area contributed by atoms with E-state index >= 15 is 0 Å². The van der Waals surface area contributed by atoms with Crippen molar-refractivity contribution in [1.82, 2.24) is 10.3 Å². The second kappa shape index (κ2) is 4.75. The number of hydrazine groups is 1. The fraction of sp³-hybridized carbons (Fsp3) is 0.900. The van der Waals surface area contributed by atoms with Crippen molar-refractivity contribution >= 4 is 5.91 Å². The van der Waals surface area contributed by atoms with Gasteiger partial charge in [0.05, 0.1) is 0 Å². The highest BCUT2D eigenvalue weighted by Gasteiger charge is 2.33. The summed E-state index contributed by atoms with van der Waals surface area (Å²) in [5, 5.41) is 0. The van der Waals surface area contributed by atoms with Gasteiger partial charge in [-0.05, 0) is 32.2 Å². The number of hydrogen-bond donors (Lipinski definition) is 2. The highest BCUT2D eigenvalue weighted by atomic mass is 16.2. The fourth-order valence-electron chi connectivity index (χ4n) is 1.69. The lowest BCUT2D eigenvalue weighted by Crippen LogP contribution is -2.38. The van der Waals surface area contributed by atoms with Crippen molar-refractivity contribution in [3.8, 4) is 0 Å². The lowest BCUT2D eigenvalue weighted by Gasteiger charge is -2.23. The van der Waals surface area contributed by atoms with Crippen LogP contribution in [0.4, 0.5) is 0 Å². The van der Waals surface area contributed by atoms with Crippen molar-refractivity contribution in [2.45, 2.75) is 32.7 Å². The van der Waals surface area contributed by atoms with E-state index < -0.39 is 0 Å². The molecule has 4 nitrogen and oxygen atoms in total. The van der Waals surface area contributed by atoms with Crippen LogP contribution in [0.3, 0.4) is 0 Å². The molecule has 1 fully saturated rings. The van der Waals surface area contributed by atoms with E-state index in [1.54, 1.807) is 0 Å². The van der Waals surface area contributed by atoms with E-state index in [0.717, 1.165) is 18.4 Å². The van der Waals surface area contributed by atoms with Crippen LogP contribution in [0.2, 0.25) is 0 Å². The topological polar surface area (TPSA) is 58.4 Å². The lowest BCUT2D eigenvalue weighted by molar-refractivity contribution is -0.122. The molecule has 3 atom stereocenters. The Bertz CT molecular complexity index is 208. The molecule has 14 heavy (non-hydrogen) atoms. The Morgan fingerprint density at radius 2 is 2.29 bits per heavy atom. The summed E-state index contributed by atoms with van der Waals surface area (Å²) in [4.78, 5) is 13.3. The predicted octanol–water partition coefficient (Wildman–Crippen LogP) is 0.343. The number of amides is 1. The van der Waals surface area contributed by atoms with Crippen molar-refractivity contribution < 1.29 is 4.79 Å². The third kappa shape index (κ3) is 3.27. The van der Waals surface area contributed by atoms with Crippen LogP contribution in [0, 0.1) is 11.8 Å². The first-order valence-corrected chi connectivity index (χ1v) is 5.24. The minimum absolute atomic E-state index is 0.0896. The number of carbonyl (C=O) groups is 1. The van der Waals surface area contributed by atoms with Crippen LogP contribution in [0.5, 0.6) is 0 Å². The molecule has 1 aliphatic carbocycles. The van der Waals surface area contributed by atoms with Crippen molar-refractivity contribution in [3.63, 3.8) is 0 Å². The third-order valence-electron chi connectivity index (χ3n) is 3.19. The van der Waals surface area contributed by atoms with Crippen LogP contribution in [0.1, 0.15) is 26.7 Å². The predicted molar refractivity (Wildman–Crippen MR) is 56.3 cm³/mol. The molecule has 0 bridgehead atoms. The molecule has 1 amide bonds. The Hall–Kier alpha value is -0.610. The molecule has 3 N–H and O–H groups in total. The smallest absolute Gasteiger partial charge is 0.235 e. The Kier molecular flexibility index (Phi) is 3.89. The van der Waals surface area contributed by atoms with Gasteiger partial charge in [-0.1, -0.05) is 6.92 Å². The molecule has 1 aliphatic rings. The summed E-state index contributed by atoms with van der Waals surface area (Å²) >= 11 is 0. The number of carbonyl (C=O) groups excluding carboxylic acids is 1. The fourth-order valence-corrected chi connectivity index (χ4v) is 1.69. The monoisotopic (exact) mass is 199 g/mol. The normalized spacial score (nSPS) is 27.5. The zero-order chi connectivity index (χ0) is 10.7. The van der Waals surface area contributed by atoms with Crippen LogP contribution >= 0.6 is 0 Å². The van der Waals surface area contributed by atoms with Gasteiger partial charge < -0.3 is 4.90 Å². The van der Waals surface area contributed by atoms with Gasteiger partial charge in [-0.25, -0.2) is 5.84 Å². The maximum atomic E-state index is 11.0. The zero-order valence-corrected chi connectivity index (χ0v) is 9.29. The van der Waals surface area contributed by atoms with Gasteiger partial charge in [0.1, 0.15) is 0 Å². The molecular weight excluding hydrogens is 178 g/mol. The summed E-state index contributed by atoms with van der Waals surface area (Å²) in [6.07, 6.45) is 1.81. The lowest BCUT2D eigenvalue weighted by atomic mass is 10.2. The van der Waals surface area contributed by atoms with Gasteiger partial charge in [0.2, 0.25) is 5.91 Å². The van der Waals surface area contributed by atoms with Gasteiger partial charge in [0, 0.05) is 19.0 Å². The molecule has 0 aromatic carbocycles. The van der Waals surface area contributed by atoms with Crippen molar-refractivity contribution in [2.24, 2.45) is 17.7 Å². The summed E-state index contributed by atoms with van der Waals surface area (Å²) in [7, 11) is 2.07. The highest BCUT2D eigenvalue weighted by Crippen LogP contribution is 2.38. The summed E-state index contributed by atoms with van der Waals surface area (Å²) in [5.74, 6) is 6.65. The van der Waals surface area contributed by atoms with Gasteiger partial charge in [0.15, 0.2) is 0 Å². The largest absolute Gasteiger partial charge is 0.303 e. The summed E-state index contributed by atoms with van der Waals surface area (Å²) in [5.41, 5.74) is 2.16. The van der Waals surface area contributed by atoms with Crippen LogP contribution in [0.25, 0.3) is 0 Å². The van der Waals surface area contributed by atoms with Gasteiger partial charge in [0.25, 0.3) is 0 Å². The summed E-state index contributed by atoms with van der Waals surface area (Å²) < 4.78 is 0. The first-order chi connectivity index (χ1) is 6.54. The van der Waals surface area contributed by atoms with Gasteiger partial charge in [-0.15, -0.1) is 0 Å². The third-order valence-corrected chi connectivity index (χ3v) is 3.19. The molecular formula is C10H21N3O. The number of rotatable bonds is 5. The summed E-state index contributed by atoms with van der Waals surface area (Å²) in [6.45, 7) is 5.43. The minimum Gasteiger partial charge on any atom is -0.303 e. The Morgan fingerprint density at radius 1 is 1.71 bits per heavy atom. The Balaban J connectivity index is 2.21. The van der Waals surface area contributed by atoms with Crippen LogP contribution in [-0.4, -0.2) is 30.4 Å². The van der Waals surface area contributed by atoms with E-state index in [-0.39, 0.29) is 11.9 Å². The standard InChI is InChI=1S/C10H21N3O/c1-7-4-9(7)6-13(3)8(2)5-10(14)12-11/h7-9H,4-6,11H2,1-3H3,(H,12,14). The quantitative estimate of drug-likeness (QED) is 0.381. The van der Waals surface area contributed by atoms with Crippen LogP contribution < -0.4 is 11.3 Å². The molecule has 0 heterocycles. The average Bonchev–Trinajstić information content (AvgIpc) is 2.81. The van der Waals surface area contributed by atoms with Crippen molar-refractivity contribution in [1.29, 1.82) is 0 Å². The molecule has 3 unspecified atom stereocenters. The van der Waals surface area contributed by atoms with E-state index in [2.05, 4.69) is 31.2 Å². The second-order valence-electron chi connectivity index (χ2n) is 4.53. The maximum Gasteiger partial charge on any atom is 0.235 e. The molecule has 4 heteroatoms. The molecule has 0 radical (unpaired) electrons. The number of nitrogens with one attached hydrogen (secondary N) is 1. The molecule has 0 aromatic heterocycles. The molecule has 1 saturated carbocycles. The number of nitrogens with two attached hydrogens (primary N) is 1. The molecule has 0 spiro atoms. The Labute approximate surface area is 85.8 Å². The molecule has 82 valence electrons. The first-order valence-electron chi connectivity index (χ1n) is 5.24. The molecule has 0 aliphatic heterocycles. The summed E-state index contributed by atoms with van der Waals surface area (Å²) in [6, 6.07) is 0.270. The zero-order valence-electron chi connectivity index (χ0n) is 9.29. The minimum atomic E-state index is -0.0896. The SMILES string of the molecule is CC1CC1CN(C)C(C)CC(=O)NN. The van der Waals surface area contributed by atoms with Crippen LogP contribution in [0.15, 0.2) is 0 Å². The van der Waals surface area contributed by atoms with Gasteiger partial charge in [-0.2, -0.15) is 0 Å². The average molecular weight is 199 g/mol. The number of nitrogens with zero attached hydrogens (tertiary/aromatic N) is 1. The van der Waals surface area contributed by atoms with E-state index in [4.69, 9.17) is 5.84 Å². The van der Waals surface area contributed by atoms with Gasteiger partial charge in [-0.3, -0.25) is 10.2 Å². The van der Waals surface area contributed by atoms with Crippen molar-refractivity contribution in [2.75, 3.05) is 13.6 Å². The van der Waals surface area contributed by atoms with E-state index in [1.807, 2.05) is 0 Å². The van der Waals surface area contributed by atoms with Crippen LogP contribution in [-0.2, 0) is 4.79 Å². The van der Waals surface area contributed by atoms with E-state index in [9.17, 15) is 4.79 Å². The van der Waals surface area contributed by atoms with Crippen molar-refractivity contribution in [3.05, 3.63) is 0 Å². The first kappa shape index (κ1) is 11.5. The van der Waals surface area contributed by atoms with E-state index in [1.165, 1.54) is 6.42 Å². The molecule has 0 saturated heterocycles. The van der Waals surface area contributed by atoms with E-state index in [0.29, 0.717) is 6.42 Å². The van der Waals surface area contributed by atoms with Gasteiger partial charge >= 0.3 is 0 Å². The highest BCUT2D eigenvalue weighted by molar-refractivity contribution is 5.75. The maximum absolute atomic E-state index is 11.0. The Morgan fingerprint density at radius 3 is 2.71 bits per heavy atom. The molecule has 1 rings (SSSR count). The molecule has 0 aromatic rings. The number of hydrogen-bond acceptors (Lipinski definition) is 3.